The number of hydrogen-bond donors (Lipinski definition) is 1. The number of unbranched alkanes of at least 4 members (excludes halogenated alkanes) is 2. The van der Waals surface area contributed by atoms with Crippen molar-refractivity contribution in [3.63, 3.8) is 0 Å². The van der Waals surface area contributed by atoms with E-state index in [4.69, 9.17) is 0 Å². The van der Waals surface area contributed by atoms with Gasteiger partial charge in [0.1, 0.15) is 0 Å². The fourth-order valence-corrected chi connectivity index (χ4v) is 2.30. The molecule has 0 aromatic rings. The minimum absolute atomic E-state index is 0.671. The highest BCUT2D eigenvalue weighted by Gasteiger charge is 2.14. The maximum Gasteiger partial charge on any atom is 0.0194 e. The van der Waals surface area contributed by atoms with Crippen LogP contribution >= 0.6 is 0 Å². The second kappa shape index (κ2) is 11.0. The Morgan fingerprint density at radius 3 is 2.18 bits per heavy atom. The molecular formula is C15H34N2. The third-order valence-corrected chi connectivity index (χ3v) is 3.36. The number of rotatable bonds is 11. The SMILES string of the molecule is CCCCCN(CC(CCC)NCC)C(C)C. The molecule has 0 rings (SSSR count). The molecule has 0 aromatic carbocycles. The first kappa shape index (κ1) is 16.9. The Balaban J connectivity index is 4.08. The Morgan fingerprint density at radius 2 is 1.71 bits per heavy atom. The number of nitrogens with zero attached hydrogens (tertiary/aromatic N) is 1. The van der Waals surface area contributed by atoms with Gasteiger partial charge in [-0.2, -0.15) is 0 Å². The third kappa shape index (κ3) is 8.62. The van der Waals surface area contributed by atoms with Crippen LogP contribution in [0.15, 0.2) is 0 Å². The molecule has 2 nitrogen and oxygen atoms in total. The summed E-state index contributed by atoms with van der Waals surface area (Å²) in [7, 11) is 0. The van der Waals surface area contributed by atoms with Gasteiger partial charge in [0, 0.05) is 18.6 Å². The molecule has 104 valence electrons. The van der Waals surface area contributed by atoms with Crippen LogP contribution in [-0.4, -0.2) is 36.6 Å². The van der Waals surface area contributed by atoms with E-state index >= 15 is 0 Å². The molecule has 0 fully saturated rings. The Hall–Kier alpha value is -0.0800. The molecule has 0 heterocycles. The molecule has 0 aliphatic rings. The van der Waals surface area contributed by atoms with Crippen LogP contribution in [0.25, 0.3) is 0 Å². The number of nitrogens with one attached hydrogen (secondary N) is 1. The van der Waals surface area contributed by atoms with Gasteiger partial charge < -0.3 is 5.32 Å². The molecule has 0 radical (unpaired) electrons. The van der Waals surface area contributed by atoms with Crippen LogP contribution in [0.5, 0.6) is 0 Å². The summed E-state index contributed by atoms with van der Waals surface area (Å²) >= 11 is 0. The fourth-order valence-electron chi connectivity index (χ4n) is 2.30. The Bertz CT molecular complexity index is 151. The zero-order valence-corrected chi connectivity index (χ0v) is 12.8. The lowest BCUT2D eigenvalue weighted by Gasteiger charge is -2.31. The average molecular weight is 242 g/mol. The van der Waals surface area contributed by atoms with E-state index in [1.807, 2.05) is 0 Å². The highest BCUT2D eigenvalue weighted by Crippen LogP contribution is 2.07. The van der Waals surface area contributed by atoms with Crippen molar-refractivity contribution in [3.8, 4) is 0 Å². The lowest BCUT2D eigenvalue weighted by molar-refractivity contribution is 0.190. The Labute approximate surface area is 109 Å². The van der Waals surface area contributed by atoms with E-state index in [0.29, 0.717) is 12.1 Å². The van der Waals surface area contributed by atoms with E-state index in [-0.39, 0.29) is 0 Å². The van der Waals surface area contributed by atoms with Crippen molar-refractivity contribution in [3.05, 3.63) is 0 Å². The normalized spacial score (nSPS) is 13.6. The van der Waals surface area contributed by atoms with Crippen LogP contribution in [0.4, 0.5) is 0 Å². The minimum atomic E-state index is 0.671. The van der Waals surface area contributed by atoms with Crippen LogP contribution in [0, 0.1) is 0 Å². The van der Waals surface area contributed by atoms with Crippen molar-refractivity contribution < 1.29 is 0 Å². The van der Waals surface area contributed by atoms with Crippen molar-refractivity contribution in [2.75, 3.05) is 19.6 Å². The summed E-state index contributed by atoms with van der Waals surface area (Å²) in [5.74, 6) is 0. The van der Waals surface area contributed by atoms with Gasteiger partial charge in [-0.05, 0) is 39.8 Å². The summed E-state index contributed by atoms with van der Waals surface area (Å²) in [5, 5.41) is 3.62. The smallest absolute Gasteiger partial charge is 0.0194 e. The maximum absolute atomic E-state index is 3.62. The van der Waals surface area contributed by atoms with Gasteiger partial charge in [-0.15, -0.1) is 0 Å². The summed E-state index contributed by atoms with van der Waals surface area (Å²) in [6.45, 7) is 15.0. The lowest BCUT2D eigenvalue weighted by Crippen LogP contribution is -2.44. The van der Waals surface area contributed by atoms with Gasteiger partial charge in [0.2, 0.25) is 0 Å². The first-order valence-corrected chi connectivity index (χ1v) is 7.63. The van der Waals surface area contributed by atoms with Gasteiger partial charge >= 0.3 is 0 Å². The van der Waals surface area contributed by atoms with E-state index in [1.54, 1.807) is 0 Å². The van der Waals surface area contributed by atoms with Crippen molar-refractivity contribution in [2.45, 2.75) is 78.8 Å². The summed E-state index contributed by atoms with van der Waals surface area (Å²) in [6, 6.07) is 1.35. The van der Waals surface area contributed by atoms with Gasteiger partial charge in [0.25, 0.3) is 0 Å². The quantitative estimate of drug-likeness (QED) is 0.556. The molecular weight excluding hydrogens is 208 g/mol. The fraction of sp³-hybridized carbons (Fsp3) is 1.00. The molecule has 1 N–H and O–H groups in total. The van der Waals surface area contributed by atoms with Gasteiger partial charge in [-0.25, -0.2) is 0 Å². The highest BCUT2D eigenvalue weighted by molar-refractivity contribution is 4.73. The standard InChI is InChI=1S/C15H34N2/c1-6-9-10-12-17(14(4)5)13-15(11-7-2)16-8-3/h14-16H,6-13H2,1-5H3. The van der Waals surface area contributed by atoms with E-state index in [1.165, 1.54) is 45.2 Å². The van der Waals surface area contributed by atoms with Crippen LogP contribution in [0.3, 0.4) is 0 Å². The monoisotopic (exact) mass is 242 g/mol. The zero-order valence-electron chi connectivity index (χ0n) is 12.8. The van der Waals surface area contributed by atoms with Crippen molar-refractivity contribution in [2.24, 2.45) is 0 Å². The summed E-state index contributed by atoms with van der Waals surface area (Å²) < 4.78 is 0. The number of hydrogen-bond acceptors (Lipinski definition) is 2. The highest BCUT2D eigenvalue weighted by atomic mass is 15.2. The Kier molecular flexibility index (Phi) is 11.0. The van der Waals surface area contributed by atoms with Gasteiger partial charge in [0.15, 0.2) is 0 Å². The molecule has 0 aliphatic heterocycles. The van der Waals surface area contributed by atoms with Gasteiger partial charge in [0.05, 0.1) is 0 Å². The molecule has 1 atom stereocenters. The van der Waals surface area contributed by atoms with E-state index < -0.39 is 0 Å². The largest absolute Gasteiger partial charge is 0.313 e. The van der Waals surface area contributed by atoms with Crippen molar-refractivity contribution >= 4 is 0 Å². The first-order valence-electron chi connectivity index (χ1n) is 7.63. The molecule has 0 spiro atoms. The lowest BCUT2D eigenvalue weighted by atomic mass is 10.1. The van der Waals surface area contributed by atoms with Crippen LogP contribution in [0.2, 0.25) is 0 Å². The minimum Gasteiger partial charge on any atom is -0.313 e. The average Bonchev–Trinajstić information content (AvgIpc) is 2.28. The van der Waals surface area contributed by atoms with Crippen molar-refractivity contribution in [1.82, 2.24) is 10.2 Å². The molecule has 2 heteroatoms. The maximum atomic E-state index is 3.62. The van der Waals surface area contributed by atoms with Gasteiger partial charge in [-0.1, -0.05) is 40.0 Å². The number of likely N-dealkylation sites (N-methyl/N-ethyl adjacent to an activating group) is 1. The molecule has 0 aliphatic carbocycles. The molecule has 1 unspecified atom stereocenters. The van der Waals surface area contributed by atoms with Gasteiger partial charge in [-0.3, -0.25) is 4.90 Å². The second-order valence-electron chi connectivity index (χ2n) is 5.34. The molecule has 0 aromatic heterocycles. The molecule has 0 bridgehead atoms. The van der Waals surface area contributed by atoms with Crippen molar-refractivity contribution in [1.29, 1.82) is 0 Å². The van der Waals surface area contributed by atoms with Crippen LogP contribution in [0.1, 0.15) is 66.7 Å². The summed E-state index contributed by atoms with van der Waals surface area (Å²) in [6.07, 6.45) is 6.60. The third-order valence-electron chi connectivity index (χ3n) is 3.36. The molecule has 0 saturated carbocycles. The molecule has 17 heavy (non-hydrogen) atoms. The van der Waals surface area contributed by atoms with E-state index in [0.717, 1.165) is 6.54 Å². The Morgan fingerprint density at radius 1 is 1.00 bits per heavy atom. The topological polar surface area (TPSA) is 15.3 Å². The van der Waals surface area contributed by atoms with Crippen LogP contribution in [-0.2, 0) is 0 Å². The predicted molar refractivity (Wildman–Crippen MR) is 78.6 cm³/mol. The first-order chi connectivity index (χ1) is 8.15. The van der Waals surface area contributed by atoms with Crippen LogP contribution < -0.4 is 5.32 Å². The molecule has 0 amide bonds. The predicted octanol–water partition coefficient (Wildman–Crippen LogP) is 3.67. The zero-order chi connectivity index (χ0) is 13.1. The van der Waals surface area contributed by atoms with E-state index in [9.17, 15) is 0 Å². The second-order valence-corrected chi connectivity index (χ2v) is 5.34. The summed E-state index contributed by atoms with van der Waals surface area (Å²) in [4.78, 5) is 2.64. The summed E-state index contributed by atoms with van der Waals surface area (Å²) in [5.41, 5.74) is 0. The van der Waals surface area contributed by atoms with E-state index in [2.05, 4.69) is 44.8 Å². The molecule has 0 saturated heterocycles.